The number of rotatable bonds is 7. The first-order valence-electron chi connectivity index (χ1n) is 8.71. The highest BCUT2D eigenvalue weighted by Gasteiger charge is 2.14. The fraction of sp³-hybridized carbons (Fsp3) is 0.200. The van der Waals surface area contributed by atoms with Gasteiger partial charge >= 0.3 is 5.97 Å². The van der Waals surface area contributed by atoms with Crippen LogP contribution in [0, 0.1) is 0 Å². The Morgan fingerprint density at radius 1 is 1.21 bits per heavy atom. The van der Waals surface area contributed by atoms with Crippen LogP contribution >= 0.6 is 0 Å². The second-order valence-corrected chi connectivity index (χ2v) is 5.76. The first-order chi connectivity index (χ1) is 13.6. The zero-order valence-electron chi connectivity index (χ0n) is 15.6. The van der Waals surface area contributed by atoms with Crippen molar-refractivity contribution in [3.63, 3.8) is 0 Å². The number of methoxy groups -OCH3 is 1. The van der Waals surface area contributed by atoms with Gasteiger partial charge in [0, 0.05) is 5.56 Å². The van der Waals surface area contributed by atoms with Crippen LogP contribution in [0.15, 0.2) is 58.4 Å². The van der Waals surface area contributed by atoms with Gasteiger partial charge in [-0.1, -0.05) is 24.3 Å². The van der Waals surface area contributed by atoms with E-state index < -0.39 is 11.5 Å². The number of carbonyl (C=O) groups is 1. The molecule has 0 aliphatic carbocycles. The molecule has 0 fully saturated rings. The first-order valence-corrected chi connectivity index (χ1v) is 8.71. The van der Waals surface area contributed by atoms with E-state index in [4.69, 9.17) is 9.47 Å². The summed E-state index contributed by atoms with van der Waals surface area (Å²) in [6, 6.07) is 14.4. The summed E-state index contributed by atoms with van der Waals surface area (Å²) in [5.41, 5.74) is 4.04. The van der Waals surface area contributed by atoms with Crippen molar-refractivity contribution >= 4 is 29.0 Å². The molecule has 0 saturated heterocycles. The highest BCUT2D eigenvalue weighted by Crippen LogP contribution is 2.15. The van der Waals surface area contributed by atoms with Crippen LogP contribution in [0.1, 0.15) is 12.5 Å². The Hall–Kier alpha value is -3.68. The monoisotopic (exact) mass is 380 g/mol. The largest absolute Gasteiger partial charge is 0.496 e. The second-order valence-electron chi connectivity index (χ2n) is 5.76. The van der Waals surface area contributed by atoms with E-state index in [1.54, 1.807) is 38.3 Å². The maximum atomic E-state index is 12.8. The molecule has 144 valence electrons. The molecule has 3 aromatic rings. The molecule has 1 N–H and O–H groups in total. The molecular weight excluding hydrogens is 360 g/mol. The lowest BCUT2D eigenvalue weighted by molar-refractivity contribution is -0.143. The van der Waals surface area contributed by atoms with Gasteiger partial charge in [0.05, 0.1) is 31.0 Å². The molecule has 2 aromatic carbocycles. The van der Waals surface area contributed by atoms with Crippen LogP contribution in [0.3, 0.4) is 0 Å². The maximum absolute atomic E-state index is 12.8. The number of hydrazone groups is 1. The van der Waals surface area contributed by atoms with E-state index in [0.29, 0.717) is 16.8 Å². The van der Waals surface area contributed by atoms with Crippen molar-refractivity contribution in [2.75, 3.05) is 19.1 Å². The highest BCUT2D eigenvalue weighted by atomic mass is 16.5. The van der Waals surface area contributed by atoms with Gasteiger partial charge in [-0.2, -0.15) is 5.10 Å². The Kier molecular flexibility index (Phi) is 6.01. The standard InChI is InChI=1S/C20H20N4O4/c1-3-28-18(25)13-24-16-10-6-5-9-15(16)22-19(20(24)26)23-21-12-14-8-4-7-11-17(14)27-2/h4-12H,3,13H2,1-2H3,(H,22,23)/b21-12+. The summed E-state index contributed by atoms with van der Waals surface area (Å²) in [6.07, 6.45) is 1.53. The predicted octanol–water partition coefficient (Wildman–Crippen LogP) is 2.41. The lowest BCUT2D eigenvalue weighted by Gasteiger charge is -2.11. The van der Waals surface area contributed by atoms with Crippen LogP contribution in [0.4, 0.5) is 5.82 Å². The van der Waals surface area contributed by atoms with Gasteiger partial charge in [-0.25, -0.2) is 4.98 Å². The van der Waals surface area contributed by atoms with Crippen LogP contribution in [0.2, 0.25) is 0 Å². The minimum Gasteiger partial charge on any atom is -0.496 e. The first kappa shape index (κ1) is 19.1. The Morgan fingerprint density at radius 2 is 1.96 bits per heavy atom. The molecule has 0 aliphatic heterocycles. The van der Waals surface area contributed by atoms with Gasteiger partial charge in [0.2, 0.25) is 5.82 Å². The fourth-order valence-electron chi connectivity index (χ4n) is 2.69. The number of hydrogen-bond donors (Lipinski definition) is 1. The van der Waals surface area contributed by atoms with Crippen LogP contribution in [0.5, 0.6) is 5.75 Å². The van der Waals surface area contributed by atoms with Gasteiger partial charge in [0.15, 0.2) is 0 Å². The van der Waals surface area contributed by atoms with E-state index in [9.17, 15) is 9.59 Å². The van der Waals surface area contributed by atoms with E-state index in [0.717, 1.165) is 5.56 Å². The van der Waals surface area contributed by atoms with Gasteiger partial charge in [-0.05, 0) is 31.2 Å². The Balaban J connectivity index is 1.95. The molecule has 28 heavy (non-hydrogen) atoms. The van der Waals surface area contributed by atoms with Crippen LogP contribution < -0.4 is 15.7 Å². The highest BCUT2D eigenvalue weighted by molar-refractivity contribution is 5.84. The number of carbonyl (C=O) groups excluding carboxylic acids is 1. The predicted molar refractivity (Wildman–Crippen MR) is 107 cm³/mol. The molecule has 0 unspecified atom stereocenters. The summed E-state index contributed by atoms with van der Waals surface area (Å²) in [5.74, 6) is 0.165. The van der Waals surface area contributed by atoms with Crippen LogP contribution in [-0.4, -0.2) is 35.5 Å². The minimum atomic E-state index is -0.496. The molecule has 0 spiro atoms. The molecule has 8 heteroatoms. The zero-order valence-corrected chi connectivity index (χ0v) is 15.6. The van der Waals surface area contributed by atoms with Crippen molar-refractivity contribution in [1.82, 2.24) is 9.55 Å². The van der Waals surface area contributed by atoms with Crippen molar-refractivity contribution in [2.45, 2.75) is 13.5 Å². The van der Waals surface area contributed by atoms with Crippen molar-refractivity contribution in [2.24, 2.45) is 5.10 Å². The summed E-state index contributed by atoms with van der Waals surface area (Å²) < 4.78 is 11.6. The number of hydrogen-bond acceptors (Lipinski definition) is 7. The van der Waals surface area contributed by atoms with Gasteiger partial charge in [-0.3, -0.25) is 19.6 Å². The van der Waals surface area contributed by atoms with E-state index in [1.807, 2.05) is 24.3 Å². The van der Waals surface area contributed by atoms with E-state index in [-0.39, 0.29) is 19.0 Å². The lowest BCUT2D eigenvalue weighted by atomic mass is 10.2. The van der Waals surface area contributed by atoms with Gasteiger partial charge in [-0.15, -0.1) is 0 Å². The SMILES string of the molecule is CCOC(=O)Cn1c(=O)c(N/N=C/c2ccccc2OC)nc2ccccc21. The number of benzene rings is 2. The molecule has 0 bridgehead atoms. The van der Waals surface area contributed by atoms with Crippen molar-refractivity contribution in [3.05, 3.63) is 64.4 Å². The van der Waals surface area contributed by atoms with Crippen molar-refractivity contribution in [3.8, 4) is 5.75 Å². The summed E-state index contributed by atoms with van der Waals surface area (Å²) in [4.78, 5) is 29.1. The summed E-state index contributed by atoms with van der Waals surface area (Å²) in [5, 5.41) is 4.10. The lowest BCUT2D eigenvalue weighted by Crippen LogP contribution is -2.28. The third-order valence-corrected chi connectivity index (χ3v) is 3.96. The van der Waals surface area contributed by atoms with E-state index >= 15 is 0 Å². The third-order valence-electron chi connectivity index (χ3n) is 3.96. The molecule has 0 atom stereocenters. The smallest absolute Gasteiger partial charge is 0.326 e. The molecule has 1 heterocycles. The van der Waals surface area contributed by atoms with Crippen molar-refractivity contribution in [1.29, 1.82) is 0 Å². The number of ether oxygens (including phenoxy) is 2. The molecule has 0 saturated carbocycles. The molecule has 0 amide bonds. The Bertz CT molecular complexity index is 1080. The average molecular weight is 380 g/mol. The molecule has 3 rings (SSSR count). The average Bonchev–Trinajstić information content (AvgIpc) is 2.71. The maximum Gasteiger partial charge on any atom is 0.326 e. The number of para-hydroxylation sites is 3. The number of fused-ring (bicyclic) bond motifs is 1. The number of esters is 1. The topological polar surface area (TPSA) is 94.8 Å². The molecule has 8 nitrogen and oxygen atoms in total. The Labute approximate surface area is 161 Å². The number of nitrogens with one attached hydrogen (secondary N) is 1. The summed E-state index contributed by atoms with van der Waals surface area (Å²) >= 11 is 0. The number of aromatic nitrogens is 2. The van der Waals surface area contributed by atoms with Gasteiger partial charge < -0.3 is 9.47 Å². The fourth-order valence-corrected chi connectivity index (χ4v) is 2.69. The second kappa shape index (κ2) is 8.81. The zero-order chi connectivity index (χ0) is 19.9. The quantitative estimate of drug-likeness (QED) is 0.384. The third kappa shape index (κ3) is 4.17. The molecule has 0 radical (unpaired) electrons. The number of nitrogens with zero attached hydrogens (tertiary/aromatic N) is 3. The molecule has 0 aliphatic rings. The van der Waals surface area contributed by atoms with Crippen LogP contribution in [0.25, 0.3) is 11.0 Å². The number of anilines is 1. The molecule has 1 aromatic heterocycles. The van der Waals surface area contributed by atoms with E-state index in [1.165, 1.54) is 10.8 Å². The Morgan fingerprint density at radius 3 is 2.75 bits per heavy atom. The normalized spacial score (nSPS) is 10.9. The minimum absolute atomic E-state index is 0.00847. The van der Waals surface area contributed by atoms with Crippen LogP contribution in [-0.2, 0) is 16.1 Å². The van der Waals surface area contributed by atoms with E-state index in [2.05, 4.69) is 15.5 Å². The van der Waals surface area contributed by atoms with Gasteiger partial charge in [0.25, 0.3) is 5.56 Å². The summed E-state index contributed by atoms with van der Waals surface area (Å²) in [7, 11) is 1.57. The summed E-state index contributed by atoms with van der Waals surface area (Å²) in [6.45, 7) is 1.75. The molecular formula is C20H20N4O4. The van der Waals surface area contributed by atoms with Gasteiger partial charge in [0.1, 0.15) is 12.3 Å². The van der Waals surface area contributed by atoms with Crippen molar-refractivity contribution < 1.29 is 14.3 Å².